The zero-order valence-electron chi connectivity index (χ0n) is 38.5. The molecule has 1 saturated carbocycles. The molecule has 0 saturated heterocycles. The number of allylic oxidation sites excluding steroid dienone is 5. The Morgan fingerprint density at radius 1 is 0.565 bits per heavy atom. The molecular formula is C48H90NO12P. The van der Waals surface area contributed by atoms with Crippen LogP contribution < -0.4 is 5.32 Å². The van der Waals surface area contributed by atoms with Gasteiger partial charge in [-0.05, 0) is 44.9 Å². The van der Waals surface area contributed by atoms with Crippen molar-refractivity contribution in [3.8, 4) is 0 Å². The van der Waals surface area contributed by atoms with E-state index in [4.69, 9.17) is 9.05 Å². The smallest absolute Gasteiger partial charge is 0.393 e. The van der Waals surface area contributed by atoms with Crippen LogP contribution in [0.1, 0.15) is 200 Å². The Morgan fingerprint density at radius 3 is 1.42 bits per heavy atom. The van der Waals surface area contributed by atoms with Crippen molar-refractivity contribution < 1.29 is 59.0 Å². The molecule has 0 aromatic heterocycles. The lowest BCUT2D eigenvalue weighted by Gasteiger charge is -2.41. The minimum absolute atomic E-state index is 0.253. The molecule has 1 aliphatic rings. The van der Waals surface area contributed by atoms with Crippen LogP contribution in [0.3, 0.4) is 0 Å². The van der Waals surface area contributed by atoms with Gasteiger partial charge in [-0.3, -0.25) is 13.8 Å². The number of aliphatic hydroxyl groups excluding tert-OH is 7. The van der Waals surface area contributed by atoms with Crippen molar-refractivity contribution in [2.24, 2.45) is 0 Å². The topological polar surface area (TPSA) is 226 Å². The summed E-state index contributed by atoms with van der Waals surface area (Å²) in [5, 5.41) is 74.5. The maximum atomic E-state index is 13.0. The van der Waals surface area contributed by atoms with Gasteiger partial charge in [0.15, 0.2) is 0 Å². The van der Waals surface area contributed by atoms with E-state index in [-0.39, 0.29) is 6.42 Å². The lowest BCUT2D eigenvalue weighted by atomic mass is 9.85. The summed E-state index contributed by atoms with van der Waals surface area (Å²) in [7, 11) is -5.15. The second kappa shape index (κ2) is 37.7. The molecule has 13 nitrogen and oxygen atoms in total. The van der Waals surface area contributed by atoms with Gasteiger partial charge in [0.25, 0.3) is 0 Å². The van der Waals surface area contributed by atoms with Gasteiger partial charge in [0.1, 0.15) is 36.6 Å². The average molecular weight is 904 g/mol. The normalized spacial score (nSPS) is 23.3. The van der Waals surface area contributed by atoms with E-state index in [1.807, 2.05) is 0 Å². The molecule has 1 aliphatic carbocycles. The van der Waals surface area contributed by atoms with E-state index >= 15 is 0 Å². The minimum atomic E-state index is -5.15. The van der Waals surface area contributed by atoms with Crippen molar-refractivity contribution in [1.82, 2.24) is 5.32 Å². The van der Waals surface area contributed by atoms with Gasteiger partial charge in [0.2, 0.25) is 5.91 Å². The highest BCUT2D eigenvalue weighted by Crippen LogP contribution is 2.47. The van der Waals surface area contributed by atoms with Crippen LogP contribution in [-0.2, 0) is 18.4 Å². The fourth-order valence-electron chi connectivity index (χ4n) is 7.68. The largest absolute Gasteiger partial charge is 0.472 e. The highest BCUT2D eigenvalue weighted by molar-refractivity contribution is 7.47. The monoisotopic (exact) mass is 904 g/mol. The summed E-state index contributed by atoms with van der Waals surface area (Å²) in [4.78, 5) is 23.5. The van der Waals surface area contributed by atoms with E-state index in [9.17, 15) is 50.0 Å². The first kappa shape index (κ1) is 58.5. The zero-order chi connectivity index (χ0) is 45.9. The molecule has 1 amide bonds. The second-order valence-electron chi connectivity index (χ2n) is 17.5. The summed E-state index contributed by atoms with van der Waals surface area (Å²) in [5.41, 5.74) is 0. The first-order chi connectivity index (χ1) is 29.8. The van der Waals surface area contributed by atoms with Gasteiger partial charge in [-0.1, -0.05) is 185 Å². The molecule has 9 N–H and O–H groups in total. The Labute approximate surface area is 375 Å². The molecule has 0 aliphatic heterocycles. The van der Waals surface area contributed by atoms with E-state index in [2.05, 4.69) is 43.5 Å². The van der Waals surface area contributed by atoms with Crippen molar-refractivity contribution in [2.75, 3.05) is 6.61 Å². The summed E-state index contributed by atoms with van der Waals surface area (Å²) in [6.07, 6.45) is 29.5. The number of phosphoric acid groups is 1. The fraction of sp³-hybridized carbons (Fsp3) is 0.854. The van der Waals surface area contributed by atoms with Gasteiger partial charge >= 0.3 is 7.82 Å². The van der Waals surface area contributed by atoms with E-state index < -0.39 is 75.2 Å². The number of rotatable bonds is 40. The summed E-state index contributed by atoms with van der Waals surface area (Å²) in [6, 6.07) is -1.26. The van der Waals surface area contributed by atoms with Crippen molar-refractivity contribution in [2.45, 2.75) is 255 Å². The number of aliphatic hydroxyl groups is 7. The Balaban J connectivity index is 2.54. The molecule has 0 aromatic carbocycles. The number of amides is 1. The minimum Gasteiger partial charge on any atom is -0.393 e. The van der Waals surface area contributed by atoms with Crippen molar-refractivity contribution >= 4 is 13.7 Å². The molecule has 8 atom stereocenters. The molecule has 1 fully saturated rings. The van der Waals surface area contributed by atoms with Crippen LogP contribution in [0.5, 0.6) is 0 Å². The van der Waals surface area contributed by atoms with Crippen LogP contribution in [0.4, 0.5) is 0 Å². The van der Waals surface area contributed by atoms with Gasteiger partial charge in [0.05, 0.1) is 31.3 Å². The molecule has 364 valence electrons. The molecule has 0 radical (unpaired) electrons. The van der Waals surface area contributed by atoms with Gasteiger partial charge in [-0.2, -0.15) is 0 Å². The van der Waals surface area contributed by atoms with Gasteiger partial charge in [-0.15, -0.1) is 0 Å². The highest BCUT2D eigenvalue weighted by Gasteiger charge is 2.51. The molecule has 1 rings (SSSR count). The predicted octanol–water partition coefficient (Wildman–Crippen LogP) is 8.53. The number of carbonyl (C=O) groups is 1. The molecule has 62 heavy (non-hydrogen) atoms. The van der Waals surface area contributed by atoms with Gasteiger partial charge in [0, 0.05) is 0 Å². The molecule has 0 spiro atoms. The summed E-state index contributed by atoms with van der Waals surface area (Å²) >= 11 is 0. The number of unbranched alkanes of at least 4 members (excludes halogenated alkanes) is 23. The number of carbonyl (C=O) groups excluding carboxylic acids is 1. The maximum Gasteiger partial charge on any atom is 0.472 e. The summed E-state index contributed by atoms with van der Waals surface area (Å²) in [6.45, 7) is 3.72. The third kappa shape index (κ3) is 29.1. The maximum absolute atomic E-state index is 13.0. The van der Waals surface area contributed by atoms with Crippen LogP contribution in [0, 0.1) is 0 Å². The summed E-state index contributed by atoms with van der Waals surface area (Å²) in [5.74, 6) is -0.606. The van der Waals surface area contributed by atoms with E-state index in [1.165, 1.54) is 122 Å². The van der Waals surface area contributed by atoms with Crippen LogP contribution in [-0.4, -0.2) is 108 Å². The van der Waals surface area contributed by atoms with E-state index in [0.717, 1.165) is 44.9 Å². The van der Waals surface area contributed by atoms with Crippen LogP contribution in [0.15, 0.2) is 36.5 Å². The number of nitrogens with one attached hydrogen (secondary N) is 1. The average Bonchev–Trinajstić information content (AvgIpc) is 3.24. The SMILES string of the molecule is CCCCCCC/C=C/CC/C=C/CC/C=C/C(O)C(COP(=O)(O)OC1C(O)C(O)C(O)C(O)C1O)NC(=O)CC(O)CCCCCCCCCCCCCCCCCCC. The fourth-order valence-corrected chi connectivity index (χ4v) is 8.65. The first-order valence-corrected chi connectivity index (χ1v) is 26.0. The van der Waals surface area contributed by atoms with E-state index in [1.54, 1.807) is 6.08 Å². The van der Waals surface area contributed by atoms with Gasteiger partial charge in [-0.25, -0.2) is 4.57 Å². The quantitative estimate of drug-likeness (QED) is 0.0160. The third-order valence-corrected chi connectivity index (χ3v) is 12.7. The Morgan fingerprint density at radius 2 is 0.952 bits per heavy atom. The van der Waals surface area contributed by atoms with Crippen molar-refractivity contribution in [1.29, 1.82) is 0 Å². The molecule has 14 heteroatoms. The second-order valence-corrected chi connectivity index (χ2v) is 18.9. The number of phosphoric ester groups is 1. The molecule has 0 bridgehead atoms. The molecular weight excluding hydrogens is 813 g/mol. The molecule has 0 aromatic rings. The first-order valence-electron chi connectivity index (χ1n) is 24.5. The lowest BCUT2D eigenvalue weighted by molar-refractivity contribution is -0.220. The van der Waals surface area contributed by atoms with Gasteiger partial charge < -0.3 is 46.0 Å². The Bertz CT molecular complexity index is 1200. The van der Waals surface area contributed by atoms with Crippen LogP contribution in [0.25, 0.3) is 0 Å². The van der Waals surface area contributed by atoms with Crippen LogP contribution in [0.2, 0.25) is 0 Å². The molecule has 0 heterocycles. The van der Waals surface area contributed by atoms with Crippen molar-refractivity contribution in [3.63, 3.8) is 0 Å². The van der Waals surface area contributed by atoms with E-state index in [0.29, 0.717) is 19.3 Å². The lowest BCUT2D eigenvalue weighted by Crippen LogP contribution is -2.64. The third-order valence-electron chi connectivity index (χ3n) is 11.7. The number of hydrogen-bond donors (Lipinski definition) is 9. The predicted molar refractivity (Wildman–Crippen MR) is 247 cm³/mol. The van der Waals surface area contributed by atoms with Crippen molar-refractivity contribution in [3.05, 3.63) is 36.5 Å². The zero-order valence-corrected chi connectivity index (χ0v) is 39.4. The highest BCUT2D eigenvalue weighted by atomic mass is 31.2. The molecule has 8 unspecified atom stereocenters. The summed E-state index contributed by atoms with van der Waals surface area (Å²) < 4.78 is 22.9. The Kier molecular flexibility index (Phi) is 35.6. The Hall–Kier alpha value is -1.48. The number of hydrogen-bond acceptors (Lipinski definition) is 11. The van der Waals surface area contributed by atoms with Crippen LogP contribution >= 0.6 is 7.82 Å². The standard InChI is InChI=1S/C48H90NO12P/c1-3-5-7-9-11-13-15-17-19-20-22-23-25-27-29-31-33-35-39(50)37-42(52)49-40(38-60-62(58,59)61-48-46(56)44(54)43(53)45(55)47(48)57)41(51)36-34-32-30-28-26-24-21-18-16-14-12-10-8-6-4-2/h16,18,26,28,34,36,39-41,43-48,50-51,53-57H,3-15,17,19-25,27,29-33,35,37-38H2,1-2H3,(H,49,52)(H,58,59)/b18-16+,28-26+,36-34+.